The van der Waals surface area contributed by atoms with E-state index in [1.54, 1.807) is 36.5 Å². The molecule has 7 nitrogen and oxygen atoms in total. The first-order valence-corrected chi connectivity index (χ1v) is 11.9. The first kappa shape index (κ1) is 23.1. The third-order valence-electron chi connectivity index (χ3n) is 5.43. The molecule has 0 aliphatic heterocycles. The second-order valence-corrected chi connectivity index (χ2v) is 9.02. The Bertz CT molecular complexity index is 1590. The predicted molar refractivity (Wildman–Crippen MR) is 143 cm³/mol. The van der Waals surface area contributed by atoms with Crippen LogP contribution in [0.25, 0.3) is 23.1 Å². The minimum atomic E-state index is -0.549. The van der Waals surface area contributed by atoms with E-state index in [-0.39, 0.29) is 5.91 Å². The van der Waals surface area contributed by atoms with Crippen molar-refractivity contribution in [3.8, 4) is 0 Å². The maximum atomic E-state index is 13.0. The summed E-state index contributed by atoms with van der Waals surface area (Å²) in [5.41, 5.74) is 9.28. The number of amides is 2. The normalized spacial score (nSPS) is 11.1. The minimum absolute atomic E-state index is 0.274. The molecule has 0 saturated carbocycles. The number of rotatable bonds is 7. The number of benzene rings is 3. The Balaban J connectivity index is 1.35. The summed E-state index contributed by atoms with van der Waals surface area (Å²) >= 11 is 1.48. The summed E-state index contributed by atoms with van der Waals surface area (Å²) in [6.07, 6.45) is 5.61. The van der Waals surface area contributed by atoms with Gasteiger partial charge in [0.1, 0.15) is 0 Å². The molecule has 36 heavy (non-hydrogen) atoms. The standard InChI is InChI=1S/C28H21N5O2S/c29-27(34)18-6-5-8-20(16-18)31-28(35)23-9-1-2-10-26(23)36-21-12-13-22-24(32-33-25(22)17-21)14-11-19-7-3-4-15-30-19/h1-17H,(H2,29,34)(H,31,35)(H,32,33)/b14-11+. The van der Waals surface area contributed by atoms with Crippen LogP contribution in [0.3, 0.4) is 0 Å². The number of pyridine rings is 1. The van der Waals surface area contributed by atoms with E-state index < -0.39 is 5.91 Å². The van der Waals surface area contributed by atoms with Gasteiger partial charge >= 0.3 is 0 Å². The van der Waals surface area contributed by atoms with Crippen LogP contribution in [0.4, 0.5) is 5.69 Å². The van der Waals surface area contributed by atoms with Gasteiger partial charge in [0.2, 0.25) is 5.91 Å². The van der Waals surface area contributed by atoms with E-state index in [1.807, 2.05) is 66.7 Å². The fourth-order valence-electron chi connectivity index (χ4n) is 3.67. The number of aromatic amines is 1. The molecule has 2 aromatic heterocycles. The van der Waals surface area contributed by atoms with Crippen molar-refractivity contribution in [2.75, 3.05) is 5.32 Å². The fraction of sp³-hybridized carbons (Fsp3) is 0. The molecule has 0 unspecified atom stereocenters. The molecule has 2 amide bonds. The van der Waals surface area contributed by atoms with E-state index >= 15 is 0 Å². The molecule has 0 fully saturated rings. The fourth-order valence-corrected chi connectivity index (χ4v) is 4.65. The molecule has 0 bridgehead atoms. The van der Waals surface area contributed by atoms with Crippen LogP contribution >= 0.6 is 11.8 Å². The summed E-state index contributed by atoms with van der Waals surface area (Å²) in [5, 5.41) is 11.4. The molecule has 0 spiro atoms. The highest BCUT2D eigenvalue weighted by atomic mass is 32.2. The Labute approximate surface area is 211 Å². The molecule has 2 heterocycles. The lowest BCUT2D eigenvalue weighted by Crippen LogP contribution is -2.15. The van der Waals surface area contributed by atoms with Gasteiger partial charge in [-0.15, -0.1) is 0 Å². The number of hydrogen-bond acceptors (Lipinski definition) is 5. The second kappa shape index (κ2) is 10.3. The lowest BCUT2D eigenvalue weighted by Gasteiger charge is -2.10. The molecule has 4 N–H and O–H groups in total. The SMILES string of the molecule is NC(=O)c1cccc(NC(=O)c2ccccc2Sc2ccc3c(/C=C/c4ccccn4)n[nH]c3c2)c1. The molecule has 5 aromatic rings. The summed E-state index contributed by atoms with van der Waals surface area (Å²) in [5.74, 6) is -0.823. The third kappa shape index (κ3) is 5.18. The van der Waals surface area contributed by atoms with Crippen LogP contribution in [0.2, 0.25) is 0 Å². The quantitative estimate of drug-likeness (QED) is 0.273. The molecule has 5 rings (SSSR count). The highest BCUT2D eigenvalue weighted by Gasteiger charge is 2.14. The van der Waals surface area contributed by atoms with Crippen LogP contribution in [-0.4, -0.2) is 27.0 Å². The Morgan fingerprint density at radius 1 is 0.917 bits per heavy atom. The van der Waals surface area contributed by atoms with Gasteiger partial charge in [-0.05, 0) is 72.8 Å². The minimum Gasteiger partial charge on any atom is -0.366 e. The summed E-state index contributed by atoms with van der Waals surface area (Å²) in [6, 6.07) is 25.7. The van der Waals surface area contributed by atoms with Gasteiger partial charge in [-0.25, -0.2) is 0 Å². The van der Waals surface area contributed by atoms with E-state index in [0.29, 0.717) is 16.8 Å². The van der Waals surface area contributed by atoms with Gasteiger partial charge < -0.3 is 11.1 Å². The lowest BCUT2D eigenvalue weighted by atomic mass is 10.1. The summed E-state index contributed by atoms with van der Waals surface area (Å²) in [7, 11) is 0. The number of carbonyl (C=O) groups excluding carboxylic acids is 2. The molecule has 0 atom stereocenters. The Kier molecular flexibility index (Phi) is 6.59. The van der Waals surface area contributed by atoms with Gasteiger partial charge in [-0.1, -0.05) is 36.0 Å². The Morgan fingerprint density at radius 2 is 1.78 bits per heavy atom. The van der Waals surface area contributed by atoms with Crippen molar-refractivity contribution >= 4 is 52.3 Å². The van der Waals surface area contributed by atoms with Gasteiger partial charge in [0.15, 0.2) is 0 Å². The van der Waals surface area contributed by atoms with Crippen LogP contribution in [0.5, 0.6) is 0 Å². The van der Waals surface area contributed by atoms with Gasteiger partial charge in [0.25, 0.3) is 5.91 Å². The summed E-state index contributed by atoms with van der Waals surface area (Å²) in [4.78, 5) is 30.6. The number of aromatic nitrogens is 3. The van der Waals surface area contributed by atoms with Crippen molar-refractivity contribution < 1.29 is 9.59 Å². The van der Waals surface area contributed by atoms with Crippen LogP contribution < -0.4 is 11.1 Å². The zero-order chi connectivity index (χ0) is 24.9. The zero-order valence-corrected chi connectivity index (χ0v) is 19.8. The monoisotopic (exact) mass is 491 g/mol. The van der Waals surface area contributed by atoms with E-state index in [0.717, 1.165) is 32.1 Å². The average Bonchev–Trinajstić information content (AvgIpc) is 3.30. The van der Waals surface area contributed by atoms with Crippen LogP contribution in [0, 0.1) is 0 Å². The van der Waals surface area contributed by atoms with Crippen molar-refractivity contribution in [3.05, 3.63) is 114 Å². The molecular weight excluding hydrogens is 470 g/mol. The smallest absolute Gasteiger partial charge is 0.256 e. The zero-order valence-electron chi connectivity index (χ0n) is 19.0. The molecule has 0 radical (unpaired) electrons. The second-order valence-electron chi connectivity index (χ2n) is 7.90. The van der Waals surface area contributed by atoms with E-state index in [4.69, 9.17) is 5.73 Å². The first-order valence-electron chi connectivity index (χ1n) is 11.1. The Hall–Kier alpha value is -4.69. The molecule has 0 aliphatic rings. The van der Waals surface area contributed by atoms with Crippen molar-refractivity contribution in [2.24, 2.45) is 5.73 Å². The molecule has 0 aliphatic carbocycles. The molecule has 0 saturated heterocycles. The predicted octanol–water partition coefficient (Wildman–Crippen LogP) is 5.63. The number of fused-ring (bicyclic) bond motifs is 1. The number of nitrogens with zero attached hydrogens (tertiary/aromatic N) is 2. The molecular formula is C28H21N5O2S. The van der Waals surface area contributed by atoms with Crippen molar-refractivity contribution in [3.63, 3.8) is 0 Å². The highest BCUT2D eigenvalue weighted by molar-refractivity contribution is 7.99. The summed E-state index contributed by atoms with van der Waals surface area (Å²) < 4.78 is 0. The third-order valence-corrected chi connectivity index (χ3v) is 6.49. The lowest BCUT2D eigenvalue weighted by molar-refractivity contribution is 0.0995. The van der Waals surface area contributed by atoms with Gasteiger partial charge in [-0.3, -0.25) is 19.7 Å². The van der Waals surface area contributed by atoms with E-state index in [2.05, 4.69) is 20.5 Å². The number of anilines is 1. The summed E-state index contributed by atoms with van der Waals surface area (Å²) in [6.45, 7) is 0. The topological polar surface area (TPSA) is 114 Å². The number of carbonyl (C=O) groups is 2. The van der Waals surface area contributed by atoms with Crippen LogP contribution in [0.1, 0.15) is 32.1 Å². The number of H-pyrrole nitrogens is 1. The van der Waals surface area contributed by atoms with E-state index in [1.165, 1.54) is 11.8 Å². The maximum absolute atomic E-state index is 13.0. The number of nitrogens with two attached hydrogens (primary N) is 1. The molecule has 176 valence electrons. The number of nitrogens with one attached hydrogen (secondary N) is 2. The number of primary amides is 1. The van der Waals surface area contributed by atoms with Crippen molar-refractivity contribution in [1.29, 1.82) is 0 Å². The van der Waals surface area contributed by atoms with Crippen LogP contribution in [-0.2, 0) is 0 Å². The Morgan fingerprint density at radius 3 is 2.61 bits per heavy atom. The highest BCUT2D eigenvalue weighted by Crippen LogP contribution is 2.33. The van der Waals surface area contributed by atoms with E-state index in [9.17, 15) is 9.59 Å². The maximum Gasteiger partial charge on any atom is 0.256 e. The van der Waals surface area contributed by atoms with Crippen LogP contribution in [0.15, 0.2) is 101 Å². The van der Waals surface area contributed by atoms with Gasteiger partial charge in [0.05, 0.1) is 22.5 Å². The molecule has 3 aromatic carbocycles. The number of hydrogen-bond donors (Lipinski definition) is 3. The largest absolute Gasteiger partial charge is 0.366 e. The van der Waals surface area contributed by atoms with Crippen molar-refractivity contribution in [1.82, 2.24) is 15.2 Å². The first-order chi connectivity index (χ1) is 17.6. The average molecular weight is 492 g/mol. The molecule has 8 heteroatoms. The van der Waals surface area contributed by atoms with Crippen molar-refractivity contribution in [2.45, 2.75) is 9.79 Å². The van der Waals surface area contributed by atoms with Gasteiger partial charge in [0, 0.05) is 32.6 Å². The van der Waals surface area contributed by atoms with Gasteiger partial charge in [-0.2, -0.15) is 5.10 Å².